The monoisotopic (exact) mass is 659 g/mol. The molecule has 0 unspecified atom stereocenters. The van der Waals surface area contributed by atoms with Crippen LogP contribution in [0.4, 0.5) is 0 Å². The van der Waals surface area contributed by atoms with Crippen molar-refractivity contribution in [3.05, 3.63) is 0 Å². The number of carboxylic acid groups (broad SMARTS) is 1. The summed E-state index contributed by atoms with van der Waals surface area (Å²) in [6.45, 7) is -13.6. The van der Waals surface area contributed by atoms with Gasteiger partial charge in [0.25, 0.3) is 5.91 Å². The standard InChI is InChI=1S/C23H37N11O12/c24-1-10(35)21(11(36)2-25,19(44)33(15(40)6-29)16(41)7-30)22(12(37)3-26,13(38)4-27)23(20(45)46,14(39)5-28)34(17(42)8-31)18(43)9-32/h1-9,24-32H2,(H,45,46)/t23-/m1/s1. The minimum Gasteiger partial charge on any atom is -0.479 e. The molecule has 0 aromatic carbocycles. The lowest BCUT2D eigenvalue weighted by Crippen LogP contribution is -2.86. The molecule has 19 N–H and O–H groups in total. The Labute approximate surface area is 259 Å². The normalized spacial score (nSPS) is 12.7. The van der Waals surface area contributed by atoms with Crippen molar-refractivity contribution >= 4 is 64.4 Å². The van der Waals surface area contributed by atoms with E-state index in [1.165, 1.54) is 0 Å². The van der Waals surface area contributed by atoms with Crippen molar-refractivity contribution in [1.82, 2.24) is 9.80 Å². The van der Waals surface area contributed by atoms with Gasteiger partial charge in [0.2, 0.25) is 29.2 Å². The van der Waals surface area contributed by atoms with Crippen molar-refractivity contribution in [3.8, 4) is 0 Å². The van der Waals surface area contributed by atoms with Crippen molar-refractivity contribution in [2.45, 2.75) is 5.54 Å². The highest BCUT2D eigenvalue weighted by Crippen LogP contribution is 2.54. The van der Waals surface area contributed by atoms with E-state index in [0.29, 0.717) is 0 Å². The van der Waals surface area contributed by atoms with Gasteiger partial charge in [-0.15, -0.1) is 0 Å². The van der Waals surface area contributed by atoms with Gasteiger partial charge in [0, 0.05) is 0 Å². The molecule has 0 aromatic heterocycles. The summed E-state index contributed by atoms with van der Waals surface area (Å²) in [5.74, 6) is -23.7. The van der Waals surface area contributed by atoms with Crippen LogP contribution in [0.25, 0.3) is 0 Å². The summed E-state index contributed by atoms with van der Waals surface area (Å²) in [5.41, 5.74) is 35.1. The van der Waals surface area contributed by atoms with Crippen molar-refractivity contribution in [3.63, 3.8) is 0 Å². The fourth-order valence-electron chi connectivity index (χ4n) is 5.27. The number of amides is 5. The minimum absolute atomic E-state index is 0.594. The second-order valence-electron chi connectivity index (χ2n) is 9.02. The molecule has 256 valence electrons. The molecule has 23 nitrogen and oxygen atoms in total. The molecule has 0 radical (unpaired) electrons. The first-order chi connectivity index (χ1) is 21.4. The molecule has 23 heteroatoms. The van der Waals surface area contributed by atoms with Crippen LogP contribution >= 0.6 is 0 Å². The lowest BCUT2D eigenvalue weighted by Gasteiger charge is -2.55. The van der Waals surface area contributed by atoms with E-state index in [1.54, 1.807) is 0 Å². The van der Waals surface area contributed by atoms with Crippen LogP contribution in [-0.4, -0.2) is 144 Å². The van der Waals surface area contributed by atoms with Crippen LogP contribution in [0.15, 0.2) is 0 Å². The van der Waals surface area contributed by atoms with Crippen LogP contribution in [0, 0.1) is 10.8 Å². The average molecular weight is 660 g/mol. The molecule has 0 heterocycles. The lowest BCUT2D eigenvalue weighted by atomic mass is 9.45. The maximum atomic E-state index is 14.6. The van der Waals surface area contributed by atoms with E-state index in [2.05, 4.69) is 0 Å². The van der Waals surface area contributed by atoms with Gasteiger partial charge in [-0.25, -0.2) is 9.69 Å². The second kappa shape index (κ2) is 16.6. The Hall–Kier alpha value is -4.59. The van der Waals surface area contributed by atoms with Crippen molar-refractivity contribution < 1.29 is 57.8 Å². The summed E-state index contributed by atoms with van der Waals surface area (Å²) < 4.78 is 0. The van der Waals surface area contributed by atoms with E-state index in [-0.39, 0.29) is 0 Å². The third kappa shape index (κ3) is 5.88. The Morgan fingerprint density at radius 1 is 0.435 bits per heavy atom. The quantitative estimate of drug-likeness (QED) is 0.0575. The molecule has 1 atom stereocenters. The van der Waals surface area contributed by atoms with Gasteiger partial charge in [0.05, 0.1) is 58.9 Å². The maximum absolute atomic E-state index is 14.6. The smallest absolute Gasteiger partial charge is 0.339 e. The van der Waals surface area contributed by atoms with E-state index < -0.39 is 149 Å². The number of carbonyl (C=O) groups excluding carboxylic acids is 10. The van der Waals surface area contributed by atoms with Gasteiger partial charge >= 0.3 is 5.97 Å². The molecule has 0 aliphatic rings. The molecular formula is C23H37N11O12. The molecular weight excluding hydrogens is 622 g/mol. The Morgan fingerprint density at radius 3 is 0.978 bits per heavy atom. The number of hydrogen-bond donors (Lipinski definition) is 10. The number of rotatable bonds is 19. The van der Waals surface area contributed by atoms with E-state index >= 15 is 0 Å². The summed E-state index contributed by atoms with van der Waals surface area (Å²) in [7, 11) is 0. The van der Waals surface area contributed by atoms with Crippen LogP contribution in [0.3, 0.4) is 0 Å². The number of ketones is 5. The Balaban J connectivity index is 10.0. The van der Waals surface area contributed by atoms with Crippen molar-refractivity contribution in [1.29, 1.82) is 0 Å². The second-order valence-corrected chi connectivity index (χ2v) is 9.02. The molecule has 0 spiro atoms. The lowest BCUT2D eigenvalue weighted by molar-refractivity contribution is -0.199. The first kappa shape index (κ1) is 41.4. The van der Waals surface area contributed by atoms with Crippen LogP contribution in [0.2, 0.25) is 0 Å². The average Bonchev–Trinajstić information content (AvgIpc) is 3.06. The topological polar surface area (TPSA) is 449 Å². The van der Waals surface area contributed by atoms with Crippen LogP contribution < -0.4 is 51.6 Å². The van der Waals surface area contributed by atoms with Crippen LogP contribution in [0.1, 0.15) is 0 Å². The number of aliphatic carboxylic acids is 1. The number of carbonyl (C=O) groups is 11. The van der Waals surface area contributed by atoms with E-state index in [1.807, 2.05) is 0 Å². The summed E-state index contributed by atoms with van der Waals surface area (Å²) >= 11 is 0. The van der Waals surface area contributed by atoms with Crippen LogP contribution in [-0.2, 0) is 52.7 Å². The summed E-state index contributed by atoms with van der Waals surface area (Å²) in [5, 5.41) is 10.8. The number of hydrogen-bond acceptors (Lipinski definition) is 20. The molecule has 0 aromatic rings. The van der Waals surface area contributed by atoms with Crippen molar-refractivity contribution in [2.75, 3.05) is 58.9 Å². The summed E-state index contributed by atoms with van der Waals surface area (Å²) in [6, 6.07) is 0. The Bertz CT molecular complexity index is 1270. The largest absolute Gasteiger partial charge is 0.479 e. The molecule has 0 aliphatic carbocycles. The number of nitrogens with zero attached hydrogens (tertiary/aromatic N) is 2. The SMILES string of the molecule is NCC(=O)N(C(=O)CN)C(=O)C(C(=O)CN)(C(=O)CN)C(C(=O)CN)(C(=O)CN)[C@](C(=O)O)(C(=O)CN)N(C(=O)CN)C(=O)CN. The highest BCUT2D eigenvalue weighted by Gasteiger charge is 2.85. The first-order valence-electron chi connectivity index (χ1n) is 12.9. The zero-order valence-corrected chi connectivity index (χ0v) is 24.4. The molecule has 0 bridgehead atoms. The first-order valence-corrected chi connectivity index (χ1v) is 12.9. The van der Waals surface area contributed by atoms with Gasteiger partial charge in [-0.3, -0.25) is 52.8 Å². The zero-order valence-electron chi connectivity index (χ0n) is 24.4. The van der Waals surface area contributed by atoms with Crippen LogP contribution in [0.5, 0.6) is 0 Å². The van der Waals surface area contributed by atoms with Gasteiger partial charge in [-0.1, -0.05) is 0 Å². The number of carboxylic acids is 1. The highest BCUT2D eigenvalue weighted by atomic mass is 16.4. The molecule has 0 saturated heterocycles. The highest BCUT2D eigenvalue weighted by molar-refractivity contribution is 6.40. The minimum atomic E-state index is -4.63. The molecule has 46 heavy (non-hydrogen) atoms. The Kier molecular flexibility index (Phi) is 15.0. The predicted octanol–water partition coefficient (Wildman–Crippen LogP) is -10.5. The molecule has 5 amide bonds. The fourth-order valence-corrected chi connectivity index (χ4v) is 5.27. The van der Waals surface area contributed by atoms with Gasteiger partial charge < -0.3 is 56.7 Å². The van der Waals surface area contributed by atoms with Gasteiger partial charge in [0.1, 0.15) is 0 Å². The maximum Gasteiger partial charge on any atom is 0.339 e. The summed E-state index contributed by atoms with van der Waals surface area (Å²) in [4.78, 5) is 150. The third-order valence-electron chi connectivity index (χ3n) is 6.97. The van der Waals surface area contributed by atoms with Gasteiger partial charge in [-0.2, -0.15) is 0 Å². The molecule has 0 saturated carbocycles. The summed E-state index contributed by atoms with van der Waals surface area (Å²) in [6.07, 6.45) is 0. The van der Waals surface area contributed by atoms with E-state index in [4.69, 9.17) is 51.6 Å². The zero-order chi connectivity index (χ0) is 36.4. The molecule has 0 rings (SSSR count). The van der Waals surface area contributed by atoms with Gasteiger partial charge in [-0.05, 0) is 0 Å². The number of imide groups is 4. The van der Waals surface area contributed by atoms with Gasteiger partial charge in [0.15, 0.2) is 39.7 Å². The molecule has 0 aliphatic heterocycles. The number of Topliss-reactive ketones (excluding diaryl/α,β-unsaturated/α-hetero) is 5. The van der Waals surface area contributed by atoms with Crippen molar-refractivity contribution in [2.24, 2.45) is 62.4 Å². The predicted molar refractivity (Wildman–Crippen MR) is 150 cm³/mol. The fraction of sp³-hybridized carbons (Fsp3) is 0.522. The number of nitrogens with two attached hydrogens (primary N) is 9. The van der Waals surface area contributed by atoms with E-state index in [9.17, 15) is 57.8 Å². The van der Waals surface area contributed by atoms with E-state index in [0.717, 1.165) is 0 Å². The Morgan fingerprint density at radius 2 is 0.739 bits per heavy atom. The third-order valence-corrected chi connectivity index (χ3v) is 6.97. The molecule has 0 fully saturated rings.